The number of ether oxygens (including phenoxy) is 1. The number of methoxy groups -OCH3 is 1. The van der Waals surface area contributed by atoms with Crippen LogP contribution in [0.2, 0.25) is 0 Å². The largest absolute Gasteiger partial charge is 0.497 e. The second kappa shape index (κ2) is 8.39. The molecule has 146 valence electrons. The molecule has 3 amide bonds. The van der Waals surface area contributed by atoms with Crippen LogP contribution >= 0.6 is 0 Å². The van der Waals surface area contributed by atoms with E-state index in [1.54, 1.807) is 29.2 Å². The Bertz CT molecular complexity index is 709. The Kier molecular flexibility index (Phi) is 5.95. The standard InChI is InChI=1S/C19H26N4O4/c1-27-16-4-2-3-14(9-16)19(26)21-10-17(24)23-11-15(12-23)22-7-5-13(6-8-22)18(20)25/h2-4,9,13,15H,5-8,10-12H2,1H3,(H2,20,25)(H,21,26). The van der Waals surface area contributed by atoms with Crippen LogP contribution in [0, 0.1) is 5.92 Å². The third-order valence-corrected chi connectivity index (χ3v) is 5.40. The molecular weight excluding hydrogens is 348 g/mol. The van der Waals surface area contributed by atoms with Crippen LogP contribution in [-0.4, -0.2) is 73.4 Å². The zero-order valence-electron chi connectivity index (χ0n) is 15.5. The van der Waals surface area contributed by atoms with Crippen molar-refractivity contribution in [1.29, 1.82) is 0 Å². The Morgan fingerprint density at radius 3 is 2.56 bits per heavy atom. The van der Waals surface area contributed by atoms with E-state index in [0.717, 1.165) is 25.9 Å². The summed E-state index contributed by atoms with van der Waals surface area (Å²) < 4.78 is 5.10. The van der Waals surface area contributed by atoms with Crippen molar-refractivity contribution in [3.63, 3.8) is 0 Å². The van der Waals surface area contributed by atoms with Crippen molar-refractivity contribution >= 4 is 17.7 Å². The molecule has 2 aliphatic rings. The van der Waals surface area contributed by atoms with Crippen molar-refractivity contribution in [3.8, 4) is 5.75 Å². The van der Waals surface area contributed by atoms with Gasteiger partial charge in [-0.05, 0) is 44.1 Å². The molecule has 0 atom stereocenters. The number of amides is 3. The molecule has 27 heavy (non-hydrogen) atoms. The van der Waals surface area contributed by atoms with Crippen LogP contribution in [0.15, 0.2) is 24.3 Å². The van der Waals surface area contributed by atoms with Gasteiger partial charge in [0.15, 0.2) is 0 Å². The van der Waals surface area contributed by atoms with Gasteiger partial charge in [-0.2, -0.15) is 0 Å². The molecule has 0 bridgehead atoms. The number of likely N-dealkylation sites (tertiary alicyclic amines) is 2. The highest BCUT2D eigenvalue weighted by atomic mass is 16.5. The molecule has 1 aromatic carbocycles. The molecule has 3 N–H and O–H groups in total. The highest BCUT2D eigenvalue weighted by molar-refractivity contribution is 5.96. The van der Waals surface area contributed by atoms with Crippen LogP contribution in [0.5, 0.6) is 5.75 Å². The van der Waals surface area contributed by atoms with E-state index in [2.05, 4.69) is 10.2 Å². The fourth-order valence-corrected chi connectivity index (χ4v) is 3.57. The van der Waals surface area contributed by atoms with Gasteiger partial charge in [0.25, 0.3) is 5.91 Å². The topological polar surface area (TPSA) is 105 Å². The molecule has 2 saturated heterocycles. The number of piperidine rings is 1. The third-order valence-electron chi connectivity index (χ3n) is 5.40. The molecular formula is C19H26N4O4. The van der Waals surface area contributed by atoms with Gasteiger partial charge in [0.05, 0.1) is 13.7 Å². The minimum absolute atomic E-state index is 0.0213. The number of primary amides is 1. The predicted molar refractivity (Wildman–Crippen MR) is 99.2 cm³/mol. The highest BCUT2D eigenvalue weighted by Gasteiger charge is 2.36. The molecule has 0 radical (unpaired) electrons. The van der Waals surface area contributed by atoms with Crippen molar-refractivity contribution in [3.05, 3.63) is 29.8 Å². The maximum atomic E-state index is 12.3. The number of benzene rings is 1. The first-order valence-electron chi connectivity index (χ1n) is 9.21. The summed E-state index contributed by atoms with van der Waals surface area (Å²) in [5, 5.41) is 2.66. The van der Waals surface area contributed by atoms with Crippen molar-refractivity contribution < 1.29 is 19.1 Å². The summed E-state index contributed by atoms with van der Waals surface area (Å²) in [5.74, 6) is -0.0280. The molecule has 2 fully saturated rings. The minimum Gasteiger partial charge on any atom is -0.497 e. The SMILES string of the molecule is COc1cccc(C(=O)NCC(=O)N2CC(N3CCC(C(N)=O)CC3)C2)c1. The van der Waals surface area contributed by atoms with Gasteiger partial charge in [0.2, 0.25) is 11.8 Å². The fraction of sp³-hybridized carbons (Fsp3) is 0.526. The Balaban J connectivity index is 1.39. The lowest BCUT2D eigenvalue weighted by molar-refractivity contribution is -0.138. The quantitative estimate of drug-likeness (QED) is 0.720. The Morgan fingerprint density at radius 2 is 1.93 bits per heavy atom. The van der Waals surface area contributed by atoms with E-state index in [1.807, 2.05) is 0 Å². The lowest BCUT2D eigenvalue weighted by Gasteiger charge is -2.47. The summed E-state index contributed by atoms with van der Waals surface area (Å²) >= 11 is 0. The van der Waals surface area contributed by atoms with Crippen LogP contribution in [-0.2, 0) is 9.59 Å². The highest BCUT2D eigenvalue weighted by Crippen LogP contribution is 2.23. The van der Waals surface area contributed by atoms with Crippen LogP contribution < -0.4 is 15.8 Å². The van der Waals surface area contributed by atoms with E-state index >= 15 is 0 Å². The summed E-state index contributed by atoms with van der Waals surface area (Å²) in [6, 6.07) is 7.13. The summed E-state index contributed by atoms with van der Waals surface area (Å²) in [4.78, 5) is 39.7. The number of carbonyl (C=O) groups is 3. The maximum absolute atomic E-state index is 12.3. The maximum Gasteiger partial charge on any atom is 0.251 e. The first kappa shape index (κ1) is 19.2. The first-order valence-corrected chi connectivity index (χ1v) is 9.21. The molecule has 2 aliphatic heterocycles. The molecule has 0 aliphatic carbocycles. The number of hydrogen-bond acceptors (Lipinski definition) is 5. The van der Waals surface area contributed by atoms with Gasteiger partial charge in [0, 0.05) is 30.6 Å². The summed E-state index contributed by atoms with van der Waals surface area (Å²) in [6.07, 6.45) is 1.58. The van der Waals surface area contributed by atoms with Crippen LogP contribution in [0.25, 0.3) is 0 Å². The smallest absolute Gasteiger partial charge is 0.251 e. The predicted octanol–water partition coefficient (Wildman–Crippen LogP) is -0.167. The molecule has 0 saturated carbocycles. The molecule has 3 rings (SSSR count). The molecule has 2 heterocycles. The normalized spacial score (nSPS) is 18.6. The lowest BCUT2D eigenvalue weighted by Crippen LogP contribution is -2.63. The average molecular weight is 374 g/mol. The van der Waals surface area contributed by atoms with E-state index in [4.69, 9.17) is 10.5 Å². The van der Waals surface area contributed by atoms with Gasteiger partial charge in [-0.3, -0.25) is 19.3 Å². The Hall–Kier alpha value is -2.61. The minimum atomic E-state index is -0.298. The third kappa shape index (κ3) is 4.57. The zero-order valence-corrected chi connectivity index (χ0v) is 15.5. The van der Waals surface area contributed by atoms with E-state index in [-0.39, 0.29) is 30.2 Å². The number of nitrogens with two attached hydrogens (primary N) is 1. The molecule has 0 unspecified atom stereocenters. The van der Waals surface area contributed by atoms with Crippen molar-refractivity contribution in [2.45, 2.75) is 18.9 Å². The van der Waals surface area contributed by atoms with E-state index in [1.165, 1.54) is 7.11 Å². The van der Waals surface area contributed by atoms with Gasteiger partial charge in [-0.15, -0.1) is 0 Å². The Morgan fingerprint density at radius 1 is 1.22 bits per heavy atom. The Labute approximate surface area is 158 Å². The van der Waals surface area contributed by atoms with E-state index in [0.29, 0.717) is 30.4 Å². The number of nitrogens with zero attached hydrogens (tertiary/aromatic N) is 2. The lowest BCUT2D eigenvalue weighted by atomic mass is 9.94. The van der Waals surface area contributed by atoms with Crippen LogP contribution in [0.4, 0.5) is 0 Å². The summed E-state index contributed by atoms with van der Waals surface area (Å²) in [5.41, 5.74) is 5.82. The summed E-state index contributed by atoms with van der Waals surface area (Å²) in [6.45, 7) is 2.98. The number of rotatable bonds is 6. The van der Waals surface area contributed by atoms with E-state index < -0.39 is 0 Å². The summed E-state index contributed by atoms with van der Waals surface area (Å²) in [7, 11) is 1.54. The van der Waals surface area contributed by atoms with Gasteiger partial charge in [-0.1, -0.05) is 6.07 Å². The first-order chi connectivity index (χ1) is 13.0. The second-order valence-electron chi connectivity index (χ2n) is 7.08. The van der Waals surface area contributed by atoms with Crippen LogP contribution in [0.3, 0.4) is 0 Å². The molecule has 1 aromatic rings. The zero-order chi connectivity index (χ0) is 19.4. The fourth-order valence-electron chi connectivity index (χ4n) is 3.57. The average Bonchev–Trinajstić information content (AvgIpc) is 2.65. The van der Waals surface area contributed by atoms with Gasteiger partial charge < -0.3 is 20.7 Å². The molecule has 8 nitrogen and oxygen atoms in total. The van der Waals surface area contributed by atoms with Gasteiger partial charge in [0.1, 0.15) is 5.75 Å². The molecule has 0 spiro atoms. The van der Waals surface area contributed by atoms with Crippen molar-refractivity contribution in [1.82, 2.24) is 15.1 Å². The monoisotopic (exact) mass is 374 g/mol. The van der Waals surface area contributed by atoms with E-state index in [9.17, 15) is 14.4 Å². The van der Waals surface area contributed by atoms with Gasteiger partial charge in [-0.25, -0.2) is 0 Å². The number of nitrogens with one attached hydrogen (secondary N) is 1. The van der Waals surface area contributed by atoms with Crippen molar-refractivity contribution in [2.24, 2.45) is 11.7 Å². The van der Waals surface area contributed by atoms with Crippen molar-refractivity contribution in [2.75, 3.05) is 39.8 Å². The second-order valence-corrected chi connectivity index (χ2v) is 7.08. The van der Waals surface area contributed by atoms with Crippen LogP contribution in [0.1, 0.15) is 23.2 Å². The molecule has 8 heteroatoms. The number of hydrogen-bond donors (Lipinski definition) is 2. The number of carbonyl (C=O) groups excluding carboxylic acids is 3. The molecule has 0 aromatic heterocycles. The van der Waals surface area contributed by atoms with Gasteiger partial charge >= 0.3 is 0 Å².